The monoisotopic (exact) mass is 338 g/mol. The molecule has 1 amide bonds. The maximum atomic E-state index is 12.4. The molecule has 6 heteroatoms. The first kappa shape index (κ1) is 16.2. The van der Waals surface area contributed by atoms with E-state index in [9.17, 15) is 4.79 Å². The highest BCUT2D eigenvalue weighted by Gasteiger charge is 2.52. The average Bonchev–Trinajstić information content (AvgIpc) is 3.07. The zero-order valence-corrected chi connectivity index (χ0v) is 14.3. The number of nitrogens with zero attached hydrogens (tertiary/aromatic N) is 4. The maximum Gasteiger partial charge on any atom is 0.274 e. The summed E-state index contributed by atoms with van der Waals surface area (Å²) in [6.07, 6.45) is 5.59. The number of likely N-dealkylation sites (tertiary alicyclic amines) is 1. The molecule has 0 saturated carbocycles. The Hall–Kier alpha value is -2.31. The van der Waals surface area contributed by atoms with Gasteiger partial charge in [0.25, 0.3) is 5.91 Å². The summed E-state index contributed by atoms with van der Waals surface area (Å²) in [4.78, 5) is 24.6. The molecular formula is C19H22N4O2. The first-order valence-corrected chi connectivity index (χ1v) is 8.59. The number of carbonyl (C=O) groups excluding carboxylic acids is 1. The van der Waals surface area contributed by atoms with Gasteiger partial charge in [-0.3, -0.25) is 14.7 Å². The van der Waals surface area contributed by atoms with Crippen LogP contribution < -0.4 is 0 Å². The number of hydrogen-bond donors (Lipinski definition) is 0. The SMILES string of the molecule is CN(Cc1ccccc1)C1COC2(C1)CN(C(=O)c1cnccn1)C2. The molecule has 0 radical (unpaired) electrons. The Kier molecular flexibility index (Phi) is 4.23. The molecular weight excluding hydrogens is 316 g/mol. The van der Waals surface area contributed by atoms with Crippen LogP contribution in [-0.4, -0.2) is 64.1 Å². The van der Waals surface area contributed by atoms with Gasteiger partial charge in [0.1, 0.15) is 11.3 Å². The van der Waals surface area contributed by atoms with Gasteiger partial charge in [-0.1, -0.05) is 30.3 Å². The Morgan fingerprint density at radius 2 is 2.12 bits per heavy atom. The Labute approximate surface area is 147 Å². The van der Waals surface area contributed by atoms with Crippen molar-refractivity contribution in [3.63, 3.8) is 0 Å². The van der Waals surface area contributed by atoms with Crippen molar-refractivity contribution in [1.29, 1.82) is 0 Å². The van der Waals surface area contributed by atoms with Gasteiger partial charge in [-0.05, 0) is 19.0 Å². The van der Waals surface area contributed by atoms with Crippen molar-refractivity contribution in [3.8, 4) is 0 Å². The van der Waals surface area contributed by atoms with E-state index in [1.54, 1.807) is 17.3 Å². The first-order valence-electron chi connectivity index (χ1n) is 8.59. The molecule has 130 valence electrons. The molecule has 1 spiro atoms. The molecule has 4 rings (SSSR count). The highest BCUT2D eigenvalue weighted by atomic mass is 16.5. The minimum atomic E-state index is -0.187. The van der Waals surface area contributed by atoms with Gasteiger partial charge < -0.3 is 9.64 Å². The van der Waals surface area contributed by atoms with Crippen molar-refractivity contribution in [2.75, 3.05) is 26.7 Å². The van der Waals surface area contributed by atoms with E-state index in [4.69, 9.17) is 4.74 Å². The zero-order chi connectivity index (χ0) is 17.3. The number of ether oxygens (including phenoxy) is 1. The van der Waals surface area contributed by atoms with Crippen LogP contribution in [0, 0.1) is 0 Å². The van der Waals surface area contributed by atoms with E-state index in [2.05, 4.69) is 46.2 Å². The van der Waals surface area contributed by atoms with Gasteiger partial charge in [-0.25, -0.2) is 4.98 Å². The second-order valence-corrected chi connectivity index (χ2v) is 7.00. The minimum Gasteiger partial charge on any atom is -0.370 e. The van der Waals surface area contributed by atoms with Crippen molar-refractivity contribution in [2.24, 2.45) is 0 Å². The van der Waals surface area contributed by atoms with E-state index in [-0.39, 0.29) is 11.5 Å². The van der Waals surface area contributed by atoms with Crippen LogP contribution in [0.3, 0.4) is 0 Å². The lowest BCUT2D eigenvalue weighted by Gasteiger charge is -2.47. The second-order valence-electron chi connectivity index (χ2n) is 7.00. The molecule has 2 fully saturated rings. The predicted octanol–water partition coefficient (Wildman–Crippen LogP) is 1.59. The molecule has 0 aliphatic carbocycles. The largest absolute Gasteiger partial charge is 0.370 e. The van der Waals surface area contributed by atoms with Gasteiger partial charge in [-0.15, -0.1) is 0 Å². The molecule has 1 aromatic heterocycles. The molecule has 1 aromatic carbocycles. The number of rotatable bonds is 4. The minimum absolute atomic E-state index is 0.0663. The van der Waals surface area contributed by atoms with Gasteiger partial charge in [-0.2, -0.15) is 0 Å². The molecule has 2 aliphatic rings. The third-order valence-electron chi connectivity index (χ3n) is 5.12. The molecule has 0 N–H and O–H groups in total. The van der Waals surface area contributed by atoms with Crippen LogP contribution in [0.2, 0.25) is 0 Å². The summed E-state index contributed by atoms with van der Waals surface area (Å²) < 4.78 is 6.09. The quantitative estimate of drug-likeness (QED) is 0.847. The standard InChI is InChI=1S/C19H22N4O2/c1-22(11-15-5-3-2-4-6-15)16-9-19(25-12-16)13-23(14-19)18(24)17-10-20-7-8-21-17/h2-8,10,16H,9,11-14H2,1H3. The molecule has 3 heterocycles. The van der Waals surface area contributed by atoms with Crippen molar-refractivity contribution in [2.45, 2.75) is 24.6 Å². The molecule has 2 saturated heterocycles. The Morgan fingerprint density at radius 1 is 1.32 bits per heavy atom. The Balaban J connectivity index is 1.32. The smallest absolute Gasteiger partial charge is 0.274 e. The predicted molar refractivity (Wildman–Crippen MR) is 92.9 cm³/mol. The molecule has 1 atom stereocenters. The van der Waals surface area contributed by atoms with E-state index < -0.39 is 0 Å². The maximum absolute atomic E-state index is 12.4. The normalized spacial score (nSPS) is 21.5. The van der Waals surface area contributed by atoms with Crippen molar-refractivity contribution >= 4 is 5.91 Å². The van der Waals surface area contributed by atoms with Gasteiger partial charge in [0, 0.05) is 25.0 Å². The van der Waals surface area contributed by atoms with Crippen LogP contribution in [0.1, 0.15) is 22.5 Å². The molecule has 1 unspecified atom stereocenters. The van der Waals surface area contributed by atoms with Gasteiger partial charge in [0.2, 0.25) is 0 Å². The number of likely N-dealkylation sites (N-methyl/N-ethyl adjacent to an activating group) is 1. The van der Waals surface area contributed by atoms with E-state index in [0.29, 0.717) is 24.8 Å². The van der Waals surface area contributed by atoms with Gasteiger partial charge >= 0.3 is 0 Å². The van der Waals surface area contributed by atoms with Gasteiger partial charge in [0.05, 0.1) is 25.9 Å². The Bertz CT molecular complexity index is 732. The summed E-state index contributed by atoms with van der Waals surface area (Å²) in [6, 6.07) is 10.8. The molecule has 25 heavy (non-hydrogen) atoms. The van der Waals surface area contributed by atoms with E-state index in [1.165, 1.54) is 11.8 Å². The number of amides is 1. The van der Waals surface area contributed by atoms with E-state index >= 15 is 0 Å². The number of aromatic nitrogens is 2. The van der Waals surface area contributed by atoms with Crippen molar-refractivity contribution in [1.82, 2.24) is 19.8 Å². The highest BCUT2D eigenvalue weighted by molar-refractivity contribution is 5.92. The number of carbonyl (C=O) groups is 1. The van der Waals surface area contributed by atoms with Crippen LogP contribution in [0.5, 0.6) is 0 Å². The highest BCUT2D eigenvalue weighted by Crippen LogP contribution is 2.37. The fraction of sp³-hybridized carbons (Fsp3) is 0.421. The summed E-state index contributed by atoms with van der Waals surface area (Å²) in [6.45, 7) is 2.90. The second kappa shape index (κ2) is 6.54. The van der Waals surface area contributed by atoms with E-state index in [1.807, 2.05) is 6.07 Å². The fourth-order valence-corrected chi connectivity index (χ4v) is 3.69. The van der Waals surface area contributed by atoms with Crippen molar-refractivity contribution in [3.05, 3.63) is 60.2 Å². The lowest BCUT2D eigenvalue weighted by atomic mass is 9.88. The third-order valence-corrected chi connectivity index (χ3v) is 5.12. The van der Waals surface area contributed by atoms with Crippen LogP contribution in [0.15, 0.2) is 48.9 Å². The molecule has 2 aliphatic heterocycles. The fourth-order valence-electron chi connectivity index (χ4n) is 3.69. The summed E-state index contributed by atoms with van der Waals surface area (Å²) >= 11 is 0. The molecule has 2 aromatic rings. The topological polar surface area (TPSA) is 58.6 Å². The van der Waals surface area contributed by atoms with Crippen LogP contribution in [0.25, 0.3) is 0 Å². The lowest BCUT2D eigenvalue weighted by molar-refractivity contribution is -0.0952. The summed E-state index contributed by atoms with van der Waals surface area (Å²) in [5.74, 6) is -0.0663. The zero-order valence-electron chi connectivity index (χ0n) is 14.3. The summed E-state index contributed by atoms with van der Waals surface area (Å²) in [5, 5.41) is 0. The summed E-state index contributed by atoms with van der Waals surface area (Å²) in [7, 11) is 2.14. The van der Waals surface area contributed by atoms with Gasteiger partial charge in [0.15, 0.2) is 0 Å². The summed E-state index contributed by atoms with van der Waals surface area (Å²) in [5.41, 5.74) is 1.51. The molecule has 6 nitrogen and oxygen atoms in total. The molecule has 0 bridgehead atoms. The third kappa shape index (κ3) is 3.27. The number of hydrogen-bond acceptors (Lipinski definition) is 5. The lowest BCUT2D eigenvalue weighted by Crippen LogP contribution is -2.63. The number of benzene rings is 1. The average molecular weight is 338 g/mol. The van der Waals surface area contributed by atoms with E-state index in [0.717, 1.165) is 19.6 Å². The van der Waals surface area contributed by atoms with Crippen LogP contribution in [0.4, 0.5) is 0 Å². The van der Waals surface area contributed by atoms with Crippen molar-refractivity contribution < 1.29 is 9.53 Å². The first-order chi connectivity index (χ1) is 12.2. The van der Waals surface area contributed by atoms with Crippen LogP contribution >= 0.6 is 0 Å². The van der Waals surface area contributed by atoms with Crippen LogP contribution in [-0.2, 0) is 11.3 Å². The Morgan fingerprint density at radius 3 is 2.84 bits per heavy atom.